The Morgan fingerprint density at radius 3 is 2.95 bits per heavy atom. The van der Waals surface area contributed by atoms with Gasteiger partial charge in [-0.15, -0.1) is 0 Å². The minimum absolute atomic E-state index is 0.0676. The summed E-state index contributed by atoms with van der Waals surface area (Å²) in [6.07, 6.45) is 3.53. The maximum atomic E-state index is 13.5. The summed E-state index contributed by atoms with van der Waals surface area (Å²) in [5.74, 6) is -0.578. The van der Waals surface area contributed by atoms with Crippen molar-refractivity contribution in [3.05, 3.63) is 34.1 Å². The standard InChI is InChI=1S/C14H17BrFNO2/c15-12-5-4-10(9-13(12)16)14(19)17-7-2-1-3-11(17)6-8-18/h4-5,9,11,18H,1-3,6-8H2. The molecule has 0 radical (unpaired) electrons. The van der Waals surface area contributed by atoms with Crippen LogP contribution in [0.1, 0.15) is 36.0 Å². The van der Waals surface area contributed by atoms with Crippen molar-refractivity contribution in [2.75, 3.05) is 13.2 Å². The molecule has 0 saturated carbocycles. The van der Waals surface area contributed by atoms with E-state index in [4.69, 9.17) is 5.11 Å². The molecule has 1 aliphatic rings. The van der Waals surface area contributed by atoms with Crippen molar-refractivity contribution >= 4 is 21.8 Å². The van der Waals surface area contributed by atoms with Gasteiger partial charge < -0.3 is 10.0 Å². The molecule has 0 bridgehead atoms. The number of rotatable bonds is 3. The topological polar surface area (TPSA) is 40.5 Å². The molecule has 1 aromatic carbocycles. The van der Waals surface area contributed by atoms with E-state index in [0.717, 1.165) is 19.3 Å². The van der Waals surface area contributed by atoms with Crippen LogP contribution >= 0.6 is 15.9 Å². The number of aliphatic hydroxyl groups is 1. The van der Waals surface area contributed by atoms with E-state index < -0.39 is 5.82 Å². The normalized spacial score (nSPS) is 19.5. The Balaban J connectivity index is 2.18. The smallest absolute Gasteiger partial charge is 0.254 e. The fourth-order valence-corrected chi connectivity index (χ4v) is 2.76. The zero-order valence-electron chi connectivity index (χ0n) is 10.6. The van der Waals surface area contributed by atoms with Crippen molar-refractivity contribution in [1.82, 2.24) is 4.90 Å². The summed E-state index contributed by atoms with van der Waals surface area (Å²) in [6, 6.07) is 4.50. The van der Waals surface area contributed by atoms with Crippen LogP contribution in [0.4, 0.5) is 4.39 Å². The SMILES string of the molecule is O=C(c1ccc(Br)c(F)c1)N1CCCCC1CCO. The molecule has 1 aliphatic heterocycles. The molecular formula is C14H17BrFNO2. The molecule has 1 aromatic rings. The maximum Gasteiger partial charge on any atom is 0.254 e. The van der Waals surface area contributed by atoms with Gasteiger partial charge in [-0.1, -0.05) is 0 Å². The van der Waals surface area contributed by atoms with Gasteiger partial charge in [0.2, 0.25) is 0 Å². The van der Waals surface area contributed by atoms with Gasteiger partial charge >= 0.3 is 0 Å². The number of hydrogen-bond donors (Lipinski definition) is 1. The first kappa shape index (κ1) is 14.5. The van der Waals surface area contributed by atoms with Gasteiger partial charge in [0.05, 0.1) is 4.47 Å². The van der Waals surface area contributed by atoms with Crippen LogP contribution in [0.2, 0.25) is 0 Å². The molecule has 1 saturated heterocycles. The molecule has 1 atom stereocenters. The first-order chi connectivity index (χ1) is 9.13. The van der Waals surface area contributed by atoms with Gasteiger partial charge in [-0.3, -0.25) is 4.79 Å². The summed E-state index contributed by atoms with van der Waals surface area (Å²) >= 11 is 3.08. The fourth-order valence-electron chi connectivity index (χ4n) is 2.51. The van der Waals surface area contributed by atoms with Crippen LogP contribution in [0.3, 0.4) is 0 Å². The van der Waals surface area contributed by atoms with E-state index in [1.807, 2.05) is 0 Å². The van der Waals surface area contributed by atoms with E-state index in [2.05, 4.69) is 15.9 Å². The van der Waals surface area contributed by atoms with Crippen molar-refractivity contribution in [3.63, 3.8) is 0 Å². The lowest BCUT2D eigenvalue weighted by Crippen LogP contribution is -2.44. The summed E-state index contributed by atoms with van der Waals surface area (Å²) in [7, 11) is 0. The van der Waals surface area contributed by atoms with Crippen LogP contribution in [0.15, 0.2) is 22.7 Å². The highest BCUT2D eigenvalue weighted by Gasteiger charge is 2.27. The molecule has 19 heavy (non-hydrogen) atoms. The van der Waals surface area contributed by atoms with E-state index >= 15 is 0 Å². The largest absolute Gasteiger partial charge is 0.396 e. The number of hydrogen-bond acceptors (Lipinski definition) is 2. The highest BCUT2D eigenvalue weighted by atomic mass is 79.9. The van der Waals surface area contributed by atoms with Crippen LogP contribution in [0, 0.1) is 5.82 Å². The molecule has 1 unspecified atom stereocenters. The third kappa shape index (κ3) is 3.34. The van der Waals surface area contributed by atoms with Gasteiger partial charge in [0, 0.05) is 24.8 Å². The van der Waals surface area contributed by atoms with Crippen LogP contribution in [-0.2, 0) is 0 Å². The second-order valence-electron chi connectivity index (χ2n) is 4.79. The molecule has 104 valence electrons. The predicted molar refractivity (Wildman–Crippen MR) is 74.5 cm³/mol. The molecule has 1 N–H and O–H groups in total. The number of benzene rings is 1. The molecule has 3 nitrogen and oxygen atoms in total. The van der Waals surface area contributed by atoms with Gasteiger partial charge in [-0.05, 0) is 59.8 Å². The average Bonchev–Trinajstić information content (AvgIpc) is 2.42. The molecule has 5 heteroatoms. The van der Waals surface area contributed by atoms with E-state index in [-0.39, 0.29) is 18.6 Å². The Kier molecular flexibility index (Phi) is 4.93. The summed E-state index contributed by atoms with van der Waals surface area (Å²) < 4.78 is 13.9. The third-order valence-corrected chi connectivity index (χ3v) is 4.16. The number of amides is 1. The third-order valence-electron chi connectivity index (χ3n) is 3.52. The lowest BCUT2D eigenvalue weighted by Gasteiger charge is -2.35. The summed E-state index contributed by atoms with van der Waals surface area (Å²) in [4.78, 5) is 14.2. The Bertz CT molecular complexity index is 465. The minimum Gasteiger partial charge on any atom is -0.396 e. The summed E-state index contributed by atoms with van der Waals surface area (Å²) in [5.41, 5.74) is 0.366. The summed E-state index contributed by atoms with van der Waals surface area (Å²) in [6.45, 7) is 0.754. The number of halogens is 2. The zero-order chi connectivity index (χ0) is 13.8. The Morgan fingerprint density at radius 2 is 2.26 bits per heavy atom. The Morgan fingerprint density at radius 1 is 1.47 bits per heavy atom. The zero-order valence-corrected chi connectivity index (χ0v) is 12.2. The lowest BCUT2D eigenvalue weighted by atomic mass is 9.98. The molecule has 1 heterocycles. The van der Waals surface area contributed by atoms with Gasteiger partial charge in [0.1, 0.15) is 5.82 Å². The quantitative estimate of drug-likeness (QED) is 0.926. The van der Waals surface area contributed by atoms with Crippen LogP contribution in [0.25, 0.3) is 0 Å². The van der Waals surface area contributed by atoms with Crippen LogP contribution in [0.5, 0.6) is 0 Å². The van der Waals surface area contributed by atoms with Gasteiger partial charge in [0.25, 0.3) is 5.91 Å². The number of carbonyl (C=O) groups is 1. The number of carbonyl (C=O) groups excluding carboxylic acids is 1. The summed E-state index contributed by atoms with van der Waals surface area (Å²) in [5, 5.41) is 9.06. The number of likely N-dealkylation sites (tertiary alicyclic amines) is 1. The number of piperidine rings is 1. The van der Waals surface area contributed by atoms with E-state index in [0.29, 0.717) is 23.0 Å². The first-order valence-electron chi connectivity index (χ1n) is 6.50. The molecule has 0 spiro atoms. The van der Waals surface area contributed by atoms with Crippen molar-refractivity contribution in [1.29, 1.82) is 0 Å². The van der Waals surface area contributed by atoms with Crippen LogP contribution < -0.4 is 0 Å². The van der Waals surface area contributed by atoms with Crippen LogP contribution in [-0.4, -0.2) is 35.1 Å². The second kappa shape index (κ2) is 6.48. The van der Waals surface area contributed by atoms with Gasteiger partial charge in [-0.2, -0.15) is 0 Å². The predicted octanol–water partition coefficient (Wildman–Crippen LogP) is 2.97. The molecule has 0 aliphatic carbocycles. The van der Waals surface area contributed by atoms with Gasteiger partial charge in [-0.25, -0.2) is 4.39 Å². The first-order valence-corrected chi connectivity index (χ1v) is 7.29. The minimum atomic E-state index is -0.429. The molecule has 0 aromatic heterocycles. The van der Waals surface area contributed by atoms with Crippen molar-refractivity contribution in [2.24, 2.45) is 0 Å². The highest BCUT2D eigenvalue weighted by Crippen LogP contribution is 2.23. The van der Waals surface area contributed by atoms with E-state index in [1.54, 1.807) is 17.0 Å². The van der Waals surface area contributed by atoms with Gasteiger partial charge in [0.15, 0.2) is 0 Å². The lowest BCUT2D eigenvalue weighted by molar-refractivity contribution is 0.0574. The number of nitrogens with zero attached hydrogens (tertiary/aromatic N) is 1. The van der Waals surface area contributed by atoms with E-state index in [1.165, 1.54) is 6.07 Å². The van der Waals surface area contributed by atoms with Crippen molar-refractivity contribution < 1.29 is 14.3 Å². The highest BCUT2D eigenvalue weighted by molar-refractivity contribution is 9.10. The Hall–Kier alpha value is -0.940. The van der Waals surface area contributed by atoms with E-state index in [9.17, 15) is 9.18 Å². The Labute approximate surface area is 120 Å². The maximum absolute atomic E-state index is 13.5. The van der Waals surface area contributed by atoms with Crippen molar-refractivity contribution in [2.45, 2.75) is 31.7 Å². The molecule has 2 rings (SSSR count). The monoisotopic (exact) mass is 329 g/mol. The molecular weight excluding hydrogens is 313 g/mol. The second-order valence-corrected chi connectivity index (χ2v) is 5.64. The fraction of sp³-hybridized carbons (Fsp3) is 0.500. The number of aliphatic hydroxyl groups excluding tert-OH is 1. The molecule has 1 amide bonds. The average molecular weight is 330 g/mol. The molecule has 1 fully saturated rings. The van der Waals surface area contributed by atoms with Crippen molar-refractivity contribution in [3.8, 4) is 0 Å².